The first kappa shape index (κ1) is 17.7. The molecule has 2 nitrogen and oxygen atoms in total. The molecule has 2 heterocycles. The van der Waals surface area contributed by atoms with E-state index in [-0.39, 0.29) is 5.56 Å². The molecule has 1 N–H and O–H groups in total. The summed E-state index contributed by atoms with van der Waals surface area (Å²) in [5.74, 6) is -1.21. The smallest absolute Gasteiger partial charge is 0.314 e. The van der Waals surface area contributed by atoms with Crippen LogP contribution in [0.3, 0.4) is 0 Å². The van der Waals surface area contributed by atoms with E-state index in [1.807, 2.05) is 4.90 Å². The van der Waals surface area contributed by atoms with Crippen molar-refractivity contribution in [1.29, 1.82) is 0 Å². The van der Waals surface area contributed by atoms with E-state index in [0.29, 0.717) is 30.5 Å². The Kier molecular flexibility index (Phi) is 5.15. The fraction of sp³-hybridized carbons (Fsp3) is 0.375. The maximum absolute atomic E-state index is 14.7. The Balaban J connectivity index is 2.09. The zero-order chi connectivity index (χ0) is 17.3. The highest BCUT2D eigenvalue weighted by Crippen LogP contribution is 2.40. The fourth-order valence-corrected chi connectivity index (χ4v) is 4.14. The summed E-state index contributed by atoms with van der Waals surface area (Å²) in [6, 6.07) is 6.31. The number of piperazine rings is 1. The molecule has 0 radical (unpaired) electrons. The monoisotopic (exact) mass is 378 g/mol. The van der Waals surface area contributed by atoms with Crippen LogP contribution in [0.2, 0.25) is 4.34 Å². The molecule has 1 atom stereocenters. The number of nitrogens with zero attached hydrogens (tertiary/aromatic N) is 1. The number of nitrogens with one attached hydrogen (secondary N) is 1. The van der Waals surface area contributed by atoms with Crippen molar-refractivity contribution < 1.29 is 17.6 Å². The average molecular weight is 379 g/mol. The van der Waals surface area contributed by atoms with Crippen molar-refractivity contribution >= 4 is 22.9 Å². The topological polar surface area (TPSA) is 15.3 Å². The minimum atomic E-state index is -4.72. The second-order valence-corrected chi connectivity index (χ2v) is 7.28. The van der Waals surface area contributed by atoms with E-state index in [1.54, 1.807) is 12.1 Å². The highest BCUT2D eigenvalue weighted by molar-refractivity contribution is 7.16. The first-order valence-electron chi connectivity index (χ1n) is 7.43. The van der Waals surface area contributed by atoms with Gasteiger partial charge in [0, 0.05) is 36.6 Å². The Morgan fingerprint density at radius 3 is 2.42 bits per heavy atom. The van der Waals surface area contributed by atoms with Crippen LogP contribution in [0.25, 0.3) is 0 Å². The maximum atomic E-state index is 14.7. The van der Waals surface area contributed by atoms with Crippen molar-refractivity contribution in [2.45, 2.75) is 12.2 Å². The predicted octanol–water partition coefficient (Wildman–Crippen LogP) is 4.55. The summed E-state index contributed by atoms with van der Waals surface area (Å²) in [7, 11) is 0. The van der Waals surface area contributed by atoms with Gasteiger partial charge < -0.3 is 5.32 Å². The molecular formula is C16H15ClF4N2S. The van der Waals surface area contributed by atoms with Crippen molar-refractivity contribution in [3.63, 3.8) is 0 Å². The summed E-state index contributed by atoms with van der Waals surface area (Å²) in [5.41, 5.74) is -1.20. The van der Waals surface area contributed by atoms with Crippen LogP contribution in [-0.4, -0.2) is 31.1 Å². The Morgan fingerprint density at radius 1 is 1.12 bits per heavy atom. The SMILES string of the molecule is Fc1c([C@H](c2ccc(Cl)s2)N2CCNCC2)cccc1C(F)(F)F. The van der Waals surface area contributed by atoms with E-state index in [2.05, 4.69) is 5.32 Å². The van der Waals surface area contributed by atoms with Gasteiger partial charge >= 0.3 is 6.18 Å². The third kappa shape index (κ3) is 3.59. The number of thiophene rings is 1. The molecule has 0 aliphatic carbocycles. The summed E-state index contributed by atoms with van der Waals surface area (Å²) in [6.45, 7) is 2.65. The summed E-state index contributed by atoms with van der Waals surface area (Å²) in [5, 5.41) is 3.19. The van der Waals surface area contributed by atoms with Crippen molar-refractivity contribution in [3.8, 4) is 0 Å². The lowest BCUT2D eigenvalue weighted by Crippen LogP contribution is -2.45. The molecule has 0 saturated carbocycles. The molecule has 1 fully saturated rings. The normalized spacial score (nSPS) is 17.9. The number of rotatable bonds is 3. The minimum absolute atomic E-state index is 0.0326. The molecule has 8 heteroatoms. The molecule has 1 aliphatic rings. The summed E-state index contributed by atoms with van der Waals surface area (Å²) in [6.07, 6.45) is -4.72. The molecule has 0 spiro atoms. The van der Waals surface area contributed by atoms with E-state index in [0.717, 1.165) is 10.9 Å². The second-order valence-electron chi connectivity index (χ2n) is 5.54. The van der Waals surface area contributed by atoms with E-state index >= 15 is 0 Å². The Labute approximate surface area is 146 Å². The van der Waals surface area contributed by atoms with E-state index < -0.39 is 23.6 Å². The van der Waals surface area contributed by atoms with Gasteiger partial charge in [0.15, 0.2) is 0 Å². The Bertz CT molecular complexity index is 710. The van der Waals surface area contributed by atoms with E-state index in [4.69, 9.17) is 11.6 Å². The van der Waals surface area contributed by atoms with Crippen LogP contribution < -0.4 is 5.32 Å². The van der Waals surface area contributed by atoms with Crippen LogP contribution in [0.4, 0.5) is 17.6 Å². The van der Waals surface area contributed by atoms with Crippen molar-refractivity contribution in [3.05, 3.63) is 56.5 Å². The molecule has 130 valence electrons. The van der Waals surface area contributed by atoms with Gasteiger partial charge in [0.2, 0.25) is 0 Å². The zero-order valence-corrected chi connectivity index (χ0v) is 14.1. The van der Waals surface area contributed by atoms with Gasteiger partial charge in [0.05, 0.1) is 15.9 Å². The van der Waals surface area contributed by atoms with Crippen LogP contribution in [0.5, 0.6) is 0 Å². The van der Waals surface area contributed by atoms with Gasteiger partial charge in [-0.25, -0.2) is 4.39 Å². The molecule has 1 aromatic carbocycles. The predicted molar refractivity (Wildman–Crippen MR) is 87.0 cm³/mol. The molecule has 0 bridgehead atoms. The first-order chi connectivity index (χ1) is 11.4. The number of alkyl halides is 3. The Hall–Kier alpha value is -1.15. The lowest BCUT2D eigenvalue weighted by atomic mass is 9.99. The summed E-state index contributed by atoms with van der Waals surface area (Å²) < 4.78 is 54.4. The number of hydrogen-bond donors (Lipinski definition) is 1. The van der Waals surface area contributed by atoms with E-state index in [9.17, 15) is 17.6 Å². The molecule has 24 heavy (non-hydrogen) atoms. The highest BCUT2D eigenvalue weighted by Gasteiger charge is 2.37. The van der Waals surface area contributed by atoms with Crippen LogP contribution in [-0.2, 0) is 6.18 Å². The van der Waals surface area contributed by atoms with Gasteiger partial charge in [0.1, 0.15) is 5.82 Å². The van der Waals surface area contributed by atoms with Crippen molar-refractivity contribution in [2.24, 2.45) is 0 Å². The minimum Gasteiger partial charge on any atom is -0.314 e. The lowest BCUT2D eigenvalue weighted by Gasteiger charge is -2.35. The standard InChI is InChI=1S/C16H15ClF4N2S/c17-13-5-4-12(24-13)15(23-8-6-22-7-9-23)10-2-1-3-11(14(10)18)16(19,20)21/h1-5,15,22H,6-9H2/t15-/m1/s1. The van der Waals surface area contributed by atoms with E-state index in [1.165, 1.54) is 23.5 Å². The summed E-state index contributed by atoms with van der Waals surface area (Å²) >= 11 is 7.25. The largest absolute Gasteiger partial charge is 0.419 e. The third-order valence-electron chi connectivity index (χ3n) is 4.01. The molecular weight excluding hydrogens is 364 g/mol. The molecule has 1 aromatic heterocycles. The lowest BCUT2D eigenvalue weighted by molar-refractivity contribution is -0.140. The van der Waals surface area contributed by atoms with Crippen LogP contribution in [0.1, 0.15) is 22.0 Å². The van der Waals surface area contributed by atoms with Crippen molar-refractivity contribution in [2.75, 3.05) is 26.2 Å². The van der Waals surface area contributed by atoms with Gasteiger partial charge in [-0.05, 0) is 18.2 Å². The molecule has 2 aromatic rings. The van der Waals surface area contributed by atoms with Gasteiger partial charge in [-0.2, -0.15) is 13.2 Å². The molecule has 3 rings (SSSR count). The first-order valence-corrected chi connectivity index (χ1v) is 8.63. The quantitative estimate of drug-likeness (QED) is 0.788. The van der Waals surface area contributed by atoms with Gasteiger partial charge in [-0.15, -0.1) is 11.3 Å². The second kappa shape index (κ2) is 7.00. The molecule has 1 aliphatic heterocycles. The van der Waals surface area contributed by atoms with Gasteiger partial charge in [-0.1, -0.05) is 23.7 Å². The zero-order valence-electron chi connectivity index (χ0n) is 12.5. The Morgan fingerprint density at radius 2 is 1.83 bits per heavy atom. The fourth-order valence-electron chi connectivity index (χ4n) is 2.93. The third-order valence-corrected chi connectivity index (χ3v) is 5.29. The molecule has 0 amide bonds. The van der Waals surface area contributed by atoms with Crippen LogP contribution >= 0.6 is 22.9 Å². The maximum Gasteiger partial charge on any atom is 0.419 e. The van der Waals surface area contributed by atoms with Gasteiger partial charge in [0.25, 0.3) is 0 Å². The van der Waals surface area contributed by atoms with Crippen LogP contribution in [0, 0.1) is 5.82 Å². The average Bonchev–Trinajstić information content (AvgIpc) is 2.95. The van der Waals surface area contributed by atoms with Gasteiger partial charge in [-0.3, -0.25) is 4.90 Å². The number of benzene rings is 1. The van der Waals surface area contributed by atoms with Crippen LogP contribution in [0.15, 0.2) is 30.3 Å². The number of halogens is 5. The summed E-state index contributed by atoms with van der Waals surface area (Å²) in [4.78, 5) is 2.72. The number of hydrogen-bond acceptors (Lipinski definition) is 3. The highest BCUT2D eigenvalue weighted by atomic mass is 35.5. The molecule has 0 unspecified atom stereocenters. The van der Waals surface area contributed by atoms with Crippen molar-refractivity contribution in [1.82, 2.24) is 10.2 Å². The molecule has 1 saturated heterocycles.